The van der Waals surface area contributed by atoms with Crippen LogP contribution in [-0.2, 0) is 12.2 Å². The Balaban J connectivity index is 1.74. The van der Waals surface area contributed by atoms with Gasteiger partial charge >= 0.3 is 0 Å². The van der Waals surface area contributed by atoms with Crippen molar-refractivity contribution in [2.24, 2.45) is 0 Å². The molecule has 0 saturated carbocycles. The molecule has 0 fully saturated rings. The number of pyridine rings is 1. The first kappa shape index (κ1) is 17.2. The number of aryl methyl sites for hydroxylation is 1. The molecule has 3 aromatic rings. The van der Waals surface area contributed by atoms with E-state index in [1.807, 2.05) is 54.6 Å². The lowest BCUT2D eigenvalue weighted by Gasteiger charge is -2.11. The Morgan fingerprint density at radius 1 is 1.00 bits per heavy atom. The minimum Gasteiger partial charge on any atom is -0.322 e. The molecule has 1 heterocycles. The Labute approximate surface area is 152 Å². The molecular weight excluding hydrogens is 328 g/mol. The molecule has 0 radical (unpaired) electrons. The number of nitrogens with one attached hydrogen (secondary N) is 1. The molecule has 0 saturated heterocycles. The van der Waals surface area contributed by atoms with E-state index in [1.165, 1.54) is 11.1 Å². The summed E-state index contributed by atoms with van der Waals surface area (Å²) in [6, 6.07) is 19.7. The molecule has 3 nitrogen and oxygen atoms in total. The number of nitrogens with zero attached hydrogens (tertiary/aromatic N) is 1. The highest BCUT2D eigenvalue weighted by molar-refractivity contribution is 7.98. The van der Waals surface area contributed by atoms with Crippen LogP contribution in [0.2, 0.25) is 0 Å². The second kappa shape index (κ2) is 8.49. The third-order valence-corrected chi connectivity index (χ3v) is 5.01. The van der Waals surface area contributed by atoms with Crippen LogP contribution in [-0.4, -0.2) is 10.9 Å². The summed E-state index contributed by atoms with van der Waals surface area (Å²) in [5, 5.41) is 3.01. The lowest BCUT2D eigenvalue weighted by atomic mass is 10.1. The molecular formula is C21H20N2OS. The summed E-state index contributed by atoms with van der Waals surface area (Å²) >= 11 is 1.66. The number of anilines is 1. The minimum atomic E-state index is -0.0777. The van der Waals surface area contributed by atoms with Crippen molar-refractivity contribution >= 4 is 23.4 Å². The van der Waals surface area contributed by atoms with Crippen molar-refractivity contribution in [3.05, 3.63) is 89.7 Å². The highest BCUT2D eigenvalue weighted by atomic mass is 32.2. The van der Waals surface area contributed by atoms with E-state index in [2.05, 4.69) is 23.3 Å². The molecule has 2 aromatic carbocycles. The summed E-state index contributed by atoms with van der Waals surface area (Å²) in [6.07, 6.45) is 4.52. The zero-order chi connectivity index (χ0) is 17.5. The third-order valence-electron chi connectivity index (χ3n) is 3.87. The second-order valence-corrected chi connectivity index (χ2v) is 6.67. The molecule has 0 spiro atoms. The zero-order valence-electron chi connectivity index (χ0n) is 14.1. The van der Waals surface area contributed by atoms with Crippen LogP contribution < -0.4 is 5.32 Å². The lowest BCUT2D eigenvalue weighted by Crippen LogP contribution is -2.13. The molecule has 1 aromatic heterocycles. The van der Waals surface area contributed by atoms with Crippen LogP contribution in [0.4, 0.5) is 5.69 Å². The van der Waals surface area contributed by atoms with Crippen molar-refractivity contribution in [2.45, 2.75) is 24.0 Å². The van der Waals surface area contributed by atoms with Gasteiger partial charge in [-0.25, -0.2) is 0 Å². The Bertz CT molecular complexity index is 849. The van der Waals surface area contributed by atoms with Crippen molar-refractivity contribution < 1.29 is 4.79 Å². The number of hydrogen-bond donors (Lipinski definition) is 1. The maximum atomic E-state index is 12.7. The van der Waals surface area contributed by atoms with Crippen LogP contribution in [0.25, 0.3) is 0 Å². The number of amides is 1. The average Bonchev–Trinajstić information content (AvgIpc) is 2.67. The van der Waals surface area contributed by atoms with Crippen LogP contribution in [0.3, 0.4) is 0 Å². The lowest BCUT2D eigenvalue weighted by molar-refractivity contribution is 0.102. The van der Waals surface area contributed by atoms with Gasteiger partial charge in [-0.1, -0.05) is 31.2 Å². The maximum absolute atomic E-state index is 12.7. The first-order chi connectivity index (χ1) is 12.3. The molecule has 0 aliphatic carbocycles. The van der Waals surface area contributed by atoms with Crippen molar-refractivity contribution in [1.82, 2.24) is 4.98 Å². The number of hydrogen-bond acceptors (Lipinski definition) is 3. The summed E-state index contributed by atoms with van der Waals surface area (Å²) < 4.78 is 0. The molecule has 0 bridgehead atoms. The number of carbonyl (C=O) groups is 1. The van der Waals surface area contributed by atoms with Crippen LogP contribution in [0.15, 0.2) is 78.0 Å². The fraction of sp³-hybridized carbons (Fsp3) is 0.143. The summed E-state index contributed by atoms with van der Waals surface area (Å²) in [7, 11) is 0. The van der Waals surface area contributed by atoms with E-state index < -0.39 is 0 Å². The van der Waals surface area contributed by atoms with E-state index in [0.717, 1.165) is 22.8 Å². The first-order valence-corrected chi connectivity index (χ1v) is 9.26. The number of carbonyl (C=O) groups excluding carboxylic acids is 1. The normalized spacial score (nSPS) is 10.4. The third kappa shape index (κ3) is 4.70. The SMILES string of the molecule is CCc1cccc(NC(=O)c2ccccc2SCc2ccncc2)c1. The highest BCUT2D eigenvalue weighted by Gasteiger charge is 2.12. The monoisotopic (exact) mass is 348 g/mol. The van der Waals surface area contributed by atoms with Gasteiger partial charge in [-0.15, -0.1) is 11.8 Å². The molecule has 25 heavy (non-hydrogen) atoms. The van der Waals surface area contributed by atoms with Crippen LogP contribution in [0.5, 0.6) is 0 Å². The topological polar surface area (TPSA) is 42.0 Å². The van der Waals surface area contributed by atoms with Gasteiger partial charge in [0.25, 0.3) is 5.91 Å². The molecule has 0 aliphatic rings. The van der Waals surface area contributed by atoms with Gasteiger partial charge in [-0.2, -0.15) is 0 Å². The predicted octanol–water partition coefficient (Wildman–Crippen LogP) is 5.19. The van der Waals surface area contributed by atoms with Crippen molar-refractivity contribution in [1.29, 1.82) is 0 Å². The van der Waals surface area contributed by atoms with Gasteiger partial charge in [0.15, 0.2) is 0 Å². The zero-order valence-corrected chi connectivity index (χ0v) is 14.9. The van der Waals surface area contributed by atoms with Gasteiger partial charge in [-0.05, 0) is 53.9 Å². The first-order valence-electron chi connectivity index (χ1n) is 8.27. The van der Waals surface area contributed by atoms with Crippen molar-refractivity contribution in [3.8, 4) is 0 Å². The van der Waals surface area contributed by atoms with E-state index in [0.29, 0.717) is 5.56 Å². The molecule has 4 heteroatoms. The largest absolute Gasteiger partial charge is 0.322 e. The van der Waals surface area contributed by atoms with Crippen molar-refractivity contribution in [2.75, 3.05) is 5.32 Å². The molecule has 3 rings (SSSR count). The van der Waals surface area contributed by atoms with Gasteiger partial charge in [0, 0.05) is 28.7 Å². The summed E-state index contributed by atoms with van der Waals surface area (Å²) in [6.45, 7) is 2.10. The van der Waals surface area contributed by atoms with Gasteiger partial charge < -0.3 is 5.32 Å². The predicted molar refractivity (Wildman–Crippen MR) is 104 cm³/mol. The maximum Gasteiger partial charge on any atom is 0.256 e. The fourth-order valence-electron chi connectivity index (χ4n) is 2.49. The Morgan fingerprint density at radius 2 is 1.80 bits per heavy atom. The fourth-order valence-corrected chi connectivity index (χ4v) is 3.49. The molecule has 0 aliphatic heterocycles. The van der Waals surface area contributed by atoms with E-state index in [1.54, 1.807) is 24.2 Å². The average molecular weight is 348 g/mol. The number of thioether (sulfide) groups is 1. The summed E-state index contributed by atoms with van der Waals surface area (Å²) in [4.78, 5) is 17.7. The quantitative estimate of drug-likeness (QED) is 0.623. The van der Waals surface area contributed by atoms with Gasteiger partial charge in [0.2, 0.25) is 0 Å². The Hall–Kier alpha value is -2.59. The molecule has 1 N–H and O–H groups in total. The number of benzene rings is 2. The van der Waals surface area contributed by atoms with Crippen LogP contribution in [0.1, 0.15) is 28.4 Å². The van der Waals surface area contributed by atoms with E-state index in [4.69, 9.17) is 0 Å². The standard InChI is InChI=1S/C21H20N2OS/c1-2-16-6-5-7-18(14-16)23-21(24)19-8-3-4-9-20(19)25-15-17-10-12-22-13-11-17/h3-14H,2,15H2,1H3,(H,23,24). The van der Waals surface area contributed by atoms with E-state index >= 15 is 0 Å². The van der Waals surface area contributed by atoms with Crippen LogP contribution in [0, 0.1) is 0 Å². The Morgan fingerprint density at radius 3 is 2.60 bits per heavy atom. The van der Waals surface area contributed by atoms with Gasteiger partial charge in [-0.3, -0.25) is 9.78 Å². The Kier molecular flexibility index (Phi) is 5.86. The van der Waals surface area contributed by atoms with Gasteiger partial charge in [0.05, 0.1) is 5.56 Å². The summed E-state index contributed by atoms with van der Waals surface area (Å²) in [5.41, 5.74) is 3.92. The highest BCUT2D eigenvalue weighted by Crippen LogP contribution is 2.27. The van der Waals surface area contributed by atoms with E-state index in [-0.39, 0.29) is 5.91 Å². The minimum absolute atomic E-state index is 0.0777. The smallest absolute Gasteiger partial charge is 0.256 e. The van der Waals surface area contributed by atoms with Gasteiger partial charge in [0.1, 0.15) is 0 Å². The molecule has 0 unspecified atom stereocenters. The van der Waals surface area contributed by atoms with Crippen LogP contribution >= 0.6 is 11.8 Å². The molecule has 1 amide bonds. The van der Waals surface area contributed by atoms with E-state index in [9.17, 15) is 4.79 Å². The molecule has 126 valence electrons. The molecule has 0 atom stereocenters. The number of rotatable bonds is 6. The summed E-state index contributed by atoms with van der Waals surface area (Å²) in [5.74, 6) is 0.726. The second-order valence-electron chi connectivity index (χ2n) is 5.65. The van der Waals surface area contributed by atoms with Crippen molar-refractivity contribution in [3.63, 3.8) is 0 Å². The number of aromatic nitrogens is 1.